The van der Waals surface area contributed by atoms with E-state index in [1.165, 1.54) is 0 Å². The number of aryl methyl sites for hydroxylation is 1. The molecule has 114 valence electrons. The van der Waals surface area contributed by atoms with Crippen molar-refractivity contribution < 1.29 is 9.59 Å². The molecule has 2 aromatic carbocycles. The van der Waals surface area contributed by atoms with Crippen LogP contribution in [-0.4, -0.2) is 18.2 Å². The summed E-state index contributed by atoms with van der Waals surface area (Å²) in [4.78, 5) is 24.9. The van der Waals surface area contributed by atoms with Crippen LogP contribution in [0, 0.1) is 12.8 Å². The number of rotatable bonds is 5. The SMILES string of the molecule is Cc1ccc(C(=O)c2ccccc2C(=O)NCC(C)C)cc1. The van der Waals surface area contributed by atoms with Gasteiger partial charge in [0.25, 0.3) is 5.91 Å². The molecule has 22 heavy (non-hydrogen) atoms. The Labute approximate surface area is 131 Å². The Kier molecular flexibility index (Phi) is 5.10. The Hall–Kier alpha value is -2.42. The average Bonchev–Trinajstić information content (AvgIpc) is 2.52. The second-order valence-corrected chi connectivity index (χ2v) is 5.84. The molecule has 0 aliphatic rings. The third-order valence-electron chi connectivity index (χ3n) is 3.40. The maximum absolute atomic E-state index is 12.6. The highest BCUT2D eigenvalue weighted by atomic mass is 16.2. The van der Waals surface area contributed by atoms with Crippen LogP contribution in [0.4, 0.5) is 0 Å². The molecule has 0 aliphatic heterocycles. The first-order chi connectivity index (χ1) is 10.5. The van der Waals surface area contributed by atoms with Crippen molar-refractivity contribution in [3.8, 4) is 0 Å². The van der Waals surface area contributed by atoms with E-state index < -0.39 is 0 Å². The Morgan fingerprint density at radius 1 is 0.955 bits per heavy atom. The van der Waals surface area contributed by atoms with Crippen molar-refractivity contribution in [2.24, 2.45) is 5.92 Å². The summed E-state index contributed by atoms with van der Waals surface area (Å²) >= 11 is 0. The number of carbonyl (C=O) groups excluding carboxylic acids is 2. The van der Waals surface area contributed by atoms with Gasteiger partial charge < -0.3 is 5.32 Å². The summed E-state index contributed by atoms with van der Waals surface area (Å²) in [7, 11) is 0. The number of benzene rings is 2. The van der Waals surface area contributed by atoms with E-state index in [0.717, 1.165) is 5.56 Å². The lowest BCUT2D eigenvalue weighted by molar-refractivity contribution is 0.0938. The maximum Gasteiger partial charge on any atom is 0.252 e. The van der Waals surface area contributed by atoms with Crippen molar-refractivity contribution in [1.29, 1.82) is 0 Å². The Morgan fingerprint density at radius 3 is 2.14 bits per heavy atom. The molecule has 0 bridgehead atoms. The van der Waals surface area contributed by atoms with Crippen LogP contribution in [0.15, 0.2) is 48.5 Å². The van der Waals surface area contributed by atoms with Crippen molar-refractivity contribution in [1.82, 2.24) is 5.32 Å². The topological polar surface area (TPSA) is 46.2 Å². The molecule has 0 saturated heterocycles. The zero-order valence-corrected chi connectivity index (χ0v) is 13.2. The van der Waals surface area contributed by atoms with E-state index in [9.17, 15) is 9.59 Å². The van der Waals surface area contributed by atoms with Gasteiger partial charge in [0.15, 0.2) is 5.78 Å². The summed E-state index contributed by atoms with van der Waals surface area (Å²) in [6.45, 7) is 6.63. The summed E-state index contributed by atoms with van der Waals surface area (Å²) in [5, 5.41) is 2.86. The van der Waals surface area contributed by atoms with Crippen LogP contribution in [0.5, 0.6) is 0 Å². The molecule has 0 radical (unpaired) electrons. The Morgan fingerprint density at radius 2 is 1.55 bits per heavy atom. The van der Waals surface area contributed by atoms with Gasteiger partial charge >= 0.3 is 0 Å². The lowest BCUT2D eigenvalue weighted by Gasteiger charge is -2.11. The van der Waals surface area contributed by atoms with Gasteiger partial charge in [-0.05, 0) is 18.9 Å². The summed E-state index contributed by atoms with van der Waals surface area (Å²) in [5.41, 5.74) is 2.55. The fourth-order valence-corrected chi connectivity index (χ4v) is 2.13. The molecule has 1 N–H and O–H groups in total. The number of hydrogen-bond donors (Lipinski definition) is 1. The molecule has 1 amide bonds. The van der Waals surface area contributed by atoms with Gasteiger partial charge in [-0.15, -0.1) is 0 Å². The van der Waals surface area contributed by atoms with Crippen LogP contribution >= 0.6 is 0 Å². The van der Waals surface area contributed by atoms with Gasteiger partial charge in [-0.25, -0.2) is 0 Å². The molecule has 2 aromatic rings. The van der Waals surface area contributed by atoms with Crippen molar-refractivity contribution >= 4 is 11.7 Å². The largest absolute Gasteiger partial charge is 0.352 e. The third kappa shape index (κ3) is 3.82. The Balaban J connectivity index is 2.29. The van der Waals surface area contributed by atoms with E-state index in [1.807, 2.05) is 32.9 Å². The maximum atomic E-state index is 12.6. The molecule has 0 fully saturated rings. The summed E-state index contributed by atoms with van der Waals surface area (Å²) in [5.74, 6) is 0.0315. The minimum absolute atomic E-state index is 0.129. The van der Waals surface area contributed by atoms with Crippen molar-refractivity contribution in [2.45, 2.75) is 20.8 Å². The lowest BCUT2D eigenvalue weighted by atomic mass is 9.97. The molecule has 0 heterocycles. The smallest absolute Gasteiger partial charge is 0.252 e. The van der Waals surface area contributed by atoms with Gasteiger partial charge in [-0.2, -0.15) is 0 Å². The number of amides is 1. The van der Waals surface area contributed by atoms with E-state index in [1.54, 1.807) is 36.4 Å². The number of nitrogens with one attached hydrogen (secondary N) is 1. The summed E-state index contributed by atoms with van der Waals surface area (Å²) < 4.78 is 0. The van der Waals surface area contributed by atoms with Crippen LogP contribution in [0.3, 0.4) is 0 Å². The highest BCUT2D eigenvalue weighted by Crippen LogP contribution is 2.15. The minimum atomic E-state index is -0.204. The lowest BCUT2D eigenvalue weighted by Crippen LogP contribution is -2.28. The minimum Gasteiger partial charge on any atom is -0.352 e. The van der Waals surface area contributed by atoms with E-state index in [-0.39, 0.29) is 11.7 Å². The molecular formula is C19H21NO2. The standard InChI is InChI=1S/C19H21NO2/c1-13(2)12-20-19(22)17-7-5-4-6-16(17)18(21)15-10-8-14(3)9-11-15/h4-11,13H,12H2,1-3H3,(H,20,22). The molecule has 0 spiro atoms. The third-order valence-corrected chi connectivity index (χ3v) is 3.40. The van der Waals surface area contributed by atoms with Crippen LogP contribution in [0.25, 0.3) is 0 Å². The predicted octanol–water partition coefficient (Wildman–Crippen LogP) is 3.61. The number of carbonyl (C=O) groups is 2. The zero-order chi connectivity index (χ0) is 16.1. The molecular weight excluding hydrogens is 274 g/mol. The zero-order valence-electron chi connectivity index (χ0n) is 13.2. The van der Waals surface area contributed by atoms with Crippen LogP contribution < -0.4 is 5.32 Å². The van der Waals surface area contributed by atoms with E-state index >= 15 is 0 Å². The molecule has 3 nitrogen and oxygen atoms in total. The normalized spacial score (nSPS) is 10.5. The monoisotopic (exact) mass is 295 g/mol. The fraction of sp³-hybridized carbons (Fsp3) is 0.263. The second kappa shape index (κ2) is 7.03. The van der Waals surface area contributed by atoms with Crippen LogP contribution in [-0.2, 0) is 0 Å². The molecule has 0 saturated carbocycles. The van der Waals surface area contributed by atoms with Gasteiger partial charge in [-0.1, -0.05) is 61.9 Å². The van der Waals surface area contributed by atoms with E-state index in [0.29, 0.717) is 29.2 Å². The first-order valence-corrected chi connectivity index (χ1v) is 7.47. The fourth-order valence-electron chi connectivity index (χ4n) is 2.13. The Bertz CT molecular complexity index is 672. The molecule has 3 heteroatoms. The number of hydrogen-bond acceptors (Lipinski definition) is 2. The second-order valence-electron chi connectivity index (χ2n) is 5.84. The van der Waals surface area contributed by atoms with Crippen molar-refractivity contribution in [3.05, 3.63) is 70.8 Å². The first-order valence-electron chi connectivity index (χ1n) is 7.47. The summed E-state index contributed by atoms with van der Waals surface area (Å²) in [6, 6.07) is 14.3. The van der Waals surface area contributed by atoms with Gasteiger partial charge in [0.2, 0.25) is 0 Å². The molecule has 0 aliphatic carbocycles. The van der Waals surface area contributed by atoms with Crippen molar-refractivity contribution in [2.75, 3.05) is 6.54 Å². The van der Waals surface area contributed by atoms with Gasteiger partial charge in [0.05, 0.1) is 5.56 Å². The van der Waals surface area contributed by atoms with Crippen LogP contribution in [0.1, 0.15) is 45.7 Å². The highest BCUT2D eigenvalue weighted by Gasteiger charge is 2.17. The molecule has 0 atom stereocenters. The van der Waals surface area contributed by atoms with Crippen LogP contribution in [0.2, 0.25) is 0 Å². The van der Waals surface area contributed by atoms with E-state index in [4.69, 9.17) is 0 Å². The average molecular weight is 295 g/mol. The number of ketones is 1. The van der Waals surface area contributed by atoms with E-state index in [2.05, 4.69) is 5.32 Å². The van der Waals surface area contributed by atoms with Gasteiger partial charge in [-0.3, -0.25) is 9.59 Å². The van der Waals surface area contributed by atoms with Gasteiger partial charge in [0, 0.05) is 17.7 Å². The summed E-state index contributed by atoms with van der Waals surface area (Å²) in [6.07, 6.45) is 0. The van der Waals surface area contributed by atoms with Crippen molar-refractivity contribution in [3.63, 3.8) is 0 Å². The first kappa shape index (κ1) is 16.0. The molecule has 2 rings (SSSR count). The molecule has 0 unspecified atom stereocenters. The quantitative estimate of drug-likeness (QED) is 0.856. The highest BCUT2D eigenvalue weighted by molar-refractivity contribution is 6.15. The predicted molar refractivity (Wildman–Crippen MR) is 88.2 cm³/mol. The molecule has 0 aromatic heterocycles. The van der Waals surface area contributed by atoms with Gasteiger partial charge in [0.1, 0.15) is 0 Å².